The number of ether oxygens (including phenoxy) is 1. The van der Waals surface area contributed by atoms with Gasteiger partial charge in [-0.15, -0.1) is 0 Å². The standard InChI is InChI=1S/C17H19ClN2O2/c18-12-1-4-16-10(6-12)5-11(9-22-16)17(21)20-15-7-13-2-3-14(8-15)19-13/h1,4-6,13-15,19H,2-3,7-9H2,(H,20,21). The fraction of sp³-hybridized carbons (Fsp3) is 0.471. The number of fused-ring (bicyclic) bond motifs is 3. The number of benzene rings is 1. The molecule has 0 aliphatic carbocycles. The average molecular weight is 319 g/mol. The molecule has 3 aliphatic heterocycles. The third kappa shape index (κ3) is 2.73. The number of piperidine rings is 1. The van der Waals surface area contributed by atoms with E-state index < -0.39 is 0 Å². The van der Waals surface area contributed by atoms with Gasteiger partial charge in [-0.05, 0) is 50.0 Å². The maximum Gasteiger partial charge on any atom is 0.250 e. The lowest BCUT2D eigenvalue weighted by Gasteiger charge is -2.30. The number of carbonyl (C=O) groups excluding carboxylic acids is 1. The van der Waals surface area contributed by atoms with Gasteiger partial charge in [0, 0.05) is 28.7 Å². The summed E-state index contributed by atoms with van der Waals surface area (Å²) in [7, 11) is 0. The Balaban J connectivity index is 1.47. The number of carbonyl (C=O) groups is 1. The Morgan fingerprint density at radius 2 is 2.05 bits per heavy atom. The molecule has 2 fully saturated rings. The predicted molar refractivity (Wildman–Crippen MR) is 86.0 cm³/mol. The van der Waals surface area contributed by atoms with Gasteiger partial charge in [-0.2, -0.15) is 0 Å². The molecule has 2 unspecified atom stereocenters. The number of amides is 1. The first-order valence-electron chi connectivity index (χ1n) is 7.87. The fourth-order valence-electron chi connectivity index (χ4n) is 3.73. The summed E-state index contributed by atoms with van der Waals surface area (Å²) < 4.78 is 5.66. The van der Waals surface area contributed by atoms with Gasteiger partial charge in [0.15, 0.2) is 0 Å². The molecule has 22 heavy (non-hydrogen) atoms. The molecule has 2 bridgehead atoms. The lowest BCUT2D eigenvalue weighted by Crippen LogP contribution is -2.48. The van der Waals surface area contributed by atoms with E-state index in [0.29, 0.717) is 29.3 Å². The van der Waals surface area contributed by atoms with Crippen molar-refractivity contribution in [2.45, 2.75) is 43.8 Å². The van der Waals surface area contributed by atoms with Gasteiger partial charge in [0.05, 0.1) is 5.57 Å². The SMILES string of the molecule is O=C(NC1CC2CCC(C1)N2)C1=Cc2cc(Cl)ccc2OC1. The molecule has 0 aromatic heterocycles. The molecule has 3 heterocycles. The molecule has 2 N–H and O–H groups in total. The minimum absolute atomic E-state index is 0.0167. The minimum Gasteiger partial charge on any atom is -0.488 e. The second-order valence-corrected chi connectivity index (χ2v) is 6.86. The Kier molecular flexibility index (Phi) is 3.59. The van der Waals surface area contributed by atoms with Crippen LogP contribution < -0.4 is 15.4 Å². The molecule has 0 radical (unpaired) electrons. The summed E-state index contributed by atoms with van der Waals surface area (Å²) in [5.74, 6) is 0.762. The average Bonchev–Trinajstić information content (AvgIpc) is 2.85. The van der Waals surface area contributed by atoms with Crippen molar-refractivity contribution < 1.29 is 9.53 Å². The molecule has 4 nitrogen and oxygen atoms in total. The molecule has 2 atom stereocenters. The van der Waals surface area contributed by atoms with Gasteiger partial charge in [-0.25, -0.2) is 0 Å². The zero-order valence-corrected chi connectivity index (χ0v) is 13.0. The second kappa shape index (κ2) is 5.60. The van der Waals surface area contributed by atoms with Gasteiger partial charge in [0.2, 0.25) is 0 Å². The molecule has 5 heteroatoms. The van der Waals surface area contributed by atoms with Crippen molar-refractivity contribution in [2.24, 2.45) is 0 Å². The van der Waals surface area contributed by atoms with Crippen LogP contribution in [0, 0.1) is 0 Å². The third-order valence-electron chi connectivity index (χ3n) is 4.78. The van der Waals surface area contributed by atoms with Crippen LogP contribution in [0.25, 0.3) is 6.08 Å². The van der Waals surface area contributed by atoms with Gasteiger partial charge < -0.3 is 15.4 Å². The highest BCUT2D eigenvalue weighted by atomic mass is 35.5. The topological polar surface area (TPSA) is 50.4 Å². The van der Waals surface area contributed by atoms with Gasteiger partial charge in [-0.3, -0.25) is 4.79 Å². The quantitative estimate of drug-likeness (QED) is 0.881. The van der Waals surface area contributed by atoms with Gasteiger partial charge in [0.25, 0.3) is 5.91 Å². The van der Waals surface area contributed by atoms with Crippen molar-refractivity contribution in [3.8, 4) is 5.75 Å². The van der Waals surface area contributed by atoms with Gasteiger partial charge in [-0.1, -0.05) is 11.6 Å². The minimum atomic E-state index is -0.0167. The summed E-state index contributed by atoms with van der Waals surface area (Å²) >= 11 is 6.01. The lowest BCUT2D eigenvalue weighted by atomic mass is 9.99. The molecular formula is C17H19ClN2O2. The molecule has 1 aromatic carbocycles. The summed E-state index contributed by atoms with van der Waals surface area (Å²) in [6, 6.07) is 6.87. The molecule has 0 spiro atoms. The molecule has 0 saturated carbocycles. The van der Waals surface area contributed by atoms with E-state index in [4.69, 9.17) is 16.3 Å². The van der Waals surface area contributed by atoms with E-state index in [1.165, 1.54) is 12.8 Å². The van der Waals surface area contributed by atoms with Crippen molar-refractivity contribution in [3.63, 3.8) is 0 Å². The van der Waals surface area contributed by atoms with Crippen molar-refractivity contribution in [1.29, 1.82) is 0 Å². The number of halogens is 1. The van der Waals surface area contributed by atoms with E-state index in [1.54, 1.807) is 6.07 Å². The summed E-state index contributed by atoms with van der Waals surface area (Å²) in [6.07, 6.45) is 6.40. The van der Waals surface area contributed by atoms with Crippen LogP contribution in [-0.2, 0) is 4.79 Å². The van der Waals surface area contributed by atoms with Crippen LogP contribution in [0.15, 0.2) is 23.8 Å². The van der Waals surface area contributed by atoms with Gasteiger partial charge >= 0.3 is 0 Å². The predicted octanol–water partition coefficient (Wildman–Crippen LogP) is 2.52. The first-order chi connectivity index (χ1) is 10.7. The van der Waals surface area contributed by atoms with Crippen molar-refractivity contribution in [3.05, 3.63) is 34.4 Å². The molecule has 4 rings (SSSR count). The van der Waals surface area contributed by atoms with Crippen molar-refractivity contribution >= 4 is 23.6 Å². The zero-order valence-electron chi connectivity index (χ0n) is 12.3. The Morgan fingerprint density at radius 1 is 1.27 bits per heavy atom. The maximum absolute atomic E-state index is 12.5. The van der Waals surface area contributed by atoms with E-state index in [1.807, 2.05) is 18.2 Å². The number of hydrogen-bond acceptors (Lipinski definition) is 3. The molecular weight excluding hydrogens is 300 g/mol. The van der Waals surface area contributed by atoms with E-state index >= 15 is 0 Å². The second-order valence-electron chi connectivity index (χ2n) is 6.42. The normalized spacial score (nSPS) is 29.3. The summed E-state index contributed by atoms with van der Waals surface area (Å²) in [5, 5.41) is 7.41. The maximum atomic E-state index is 12.5. The van der Waals surface area contributed by atoms with Crippen LogP contribution in [0.3, 0.4) is 0 Å². The van der Waals surface area contributed by atoms with Crippen molar-refractivity contribution in [1.82, 2.24) is 10.6 Å². The van der Waals surface area contributed by atoms with E-state index in [2.05, 4.69) is 10.6 Å². The molecule has 1 aromatic rings. The largest absolute Gasteiger partial charge is 0.488 e. The van der Waals surface area contributed by atoms with Crippen LogP contribution in [0.2, 0.25) is 5.02 Å². The monoisotopic (exact) mass is 318 g/mol. The van der Waals surface area contributed by atoms with E-state index in [0.717, 1.165) is 24.2 Å². The number of rotatable bonds is 2. The Bertz CT molecular complexity index is 632. The fourth-order valence-corrected chi connectivity index (χ4v) is 3.91. The Hall–Kier alpha value is -1.52. The van der Waals surface area contributed by atoms with Crippen LogP contribution in [0.5, 0.6) is 5.75 Å². The smallest absolute Gasteiger partial charge is 0.250 e. The molecule has 3 aliphatic rings. The lowest BCUT2D eigenvalue weighted by molar-refractivity contribution is -0.118. The third-order valence-corrected chi connectivity index (χ3v) is 5.02. The first-order valence-corrected chi connectivity index (χ1v) is 8.25. The number of nitrogens with one attached hydrogen (secondary N) is 2. The van der Waals surface area contributed by atoms with Gasteiger partial charge in [0.1, 0.15) is 12.4 Å². The van der Waals surface area contributed by atoms with Crippen LogP contribution in [0.4, 0.5) is 0 Å². The molecule has 2 saturated heterocycles. The van der Waals surface area contributed by atoms with Crippen molar-refractivity contribution in [2.75, 3.05) is 6.61 Å². The molecule has 116 valence electrons. The summed E-state index contributed by atoms with van der Waals surface area (Å²) in [6.45, 7) is 0.318. The van der Waals surface area contributed by atoms with E-state index in [-0.39, 0.29) is 11.9 Å². The molecule has 1 amide bonds. The highest BCUT2D eigenvalue weighted by Gasteiger charge is 2.34. The highest BCUT2D eigenvalue weighted by molar-refractivity contribution is 6.30. The number of hydrogen-bond donors (Lipinski definition) is 2. The Morgan fingerprint density at radius 3 is 2.82 bits per heavy atom. The van der Waals surface area contributed by atoms with Crippen LogP contribution >= 0.6 is 11.6 Å². The zero-order chi connectivity index (χ0) is 15.1. The highest BCUT2D eigenvalue weighted by Crippen LogP contribution is 2.30. The Labute approximate surface area is 134 Å². The van der Waals surface area contributed by atoms with Crippen LogP contribution in [-0.4, -0.2) is 30.6 Å². The summed E-state index contributed by atoms with van der Waals surface area (Å²) in [4.78, 5) is 12.5. The first kappa shape index (κ1) is 14.1. The summed E-state index contributed by atoms with van der Waals surface area (Å²) in [5.41, 5.74) is 1.54. The van der Waals surface area contributed by atoms with E-state index in [9.17, 15) is 4.79 Å². The van der Waals surface area contributed by atoms with Crippen LogP contribution in [0.1, 0.15) is 31.2 Å².